The minimum atomic E-state index is -0.133. The minimum Gasteiger partial charge on any atom is -0.472 e. The standard InChI is InChI=1S/C14H13N5O2/c20-14(15-8-11-4-5-21-9-11)12-3-1-2-10(6-12)7-13-16-18-19-17-13/h1-6,9H,7-8H2,(H,15,20)(H,16,17,18,19). The summed E-state index contributed by atoms with van der Waals surface area (Å²) in [6.45, 7) is 0.435. The topological polar surface area (TPSA) is 96.7 Å². The fourth-order valence-electron chi connectivity index (χ4n) is 1.94. The van der Waals surface area contributed by atoms with Crippen molar-refractivity contribution in [2.45, 2.75) is 13.0 Å². The molecule has 2 heterocycles. The zero-order valence-electron chi connectivity index (χ0n) is 11.1. The van der Waals surface area contributed by atoms with Gasteiger partial charge >= 0.3 is 0 Å². The van der Waals surface area contributed by atoms with E-state index in [4.69, 9.17) is 4.42 Å². The van der Waals surface area contributed by atoms with Crippen LogP contribution in [0.4, 0.5) is 0 Å². The molecule has 0 atom stereocenters. The van der Waals surface area contributed by atoms with E-state index in [2.05, 4.69) is 25.9 Å². The summed E-state index contributed by atoms with van der Waals surface area (Å²) in [5.74, 6) is 0.456. The largest absolute Gasteiger partial charge is 0.472 e. The first-order valence-corrected chi connectivity index (χ1v) is 6.42. The highest BCUT2D eigenvalue weighted by Crippen LogP contribution is 2.09. The van der Waals surface area contributed by atoms with Crippen LogP contribution < -0.4 is 5.32 Å². The number of tetrazole rings is 1. The highest BCUT2D eigenvalue weighted by atomic mass is 16.3. The van der Waals surface area contributed by atoms with Gasteiger partial charge in [-0.25, -0.2) is 0 Å². The number of hydrogen-bond donors (Lipinski definition) is 2. The molecule has 0 aliphatic rings. The van der Waals surface area contributed by atoms with Crippen molar-refractivity contribution in [1.29, 1.82) is 0 Å². The Labute approximate surface area is 120 Å². The van der Waals surface area contributed by atoms with Gasteiger partial charge in [0.05, 0.1) is 12.5 Å². The zero-order chi connectivity index (χ0) is 14.5. The second kappa shape index (κ2) is 6.00. The SMILES string of the molecule is O=C(NCc1ccoc1)c1cccc(Cc2nn[nH]n2)c1. The molecule has 0 aliphatic heterocycles. The summed E-state index contributed by atoms with van der Waals surface area (Å²) < 4.78 is 4.96. The molecule has 7 nitrogen and oxygen atoms in total. The molecule has 0 spiro atoms. The van der Waals surface area contributed by atoms with Gasteiger partial charge in [0.25, 0.3) is 5.91 Å². The number of furan rings is 1. The van der Waals surface area contributed by atoms with Gasteiger partial charge in [0, 0.05) is 24.1 Å². The molecule has 0 radical (unpaired) electrons. The first-order valence-electron chi connectivity index (χ1n) is 6.42. The summed E-state index contributed by atoms with van der Waals surface area (Å²) in [5, 5.41) is 16.5. The smallest absolute Gasteiger partial charge is 0.251 e. The highest BCUT2D eigenvalue weighted by molar-refractivity contribution is 5.94. The molecule has 7 heteroatoms. The van der Waals surface area contributed by atoms with Gasteiger partial charge in [-0.3, -0.25) is 4.79 Å². The molecule has 2 N–H and O–H groups in total. The molecule has 21 heavy (non-hydrogen) atoms. The minimum absolute atomic E-state index is 0.133. The number of aromatic nitrogens is 4. The Hall–Kier alpha value is -2.96. The number of carbonyl (C=O) groups is 1. The van der Waals surface area contributed by atoms with Crippen LogP contribution in [0.15, 0.2) is 47.3 Å². The van der Waals surface area contributed by atoms with E-state index >= 15 is 0 Å². The van der Waals surface area contributed by atoms with Gasteiger partial charge in [0.15, 0.2) is 5.82 Å². The lowest BCUT2D eigenvalue weighted by Crippen LogP contribution is -2.22. The van der Waals surface area contributed by atoms with Crippen LogP contribution in [0.1, 0.15) is 27.3 Å². The third-order valence-corrected chi connectivity index (χ3v) is 2.97. The van der Waals surface area contributed by atoms with Gasteiger partial charge in [-0.1, -0.05) is 17.3 Å². The van der Waals surface area contributed by atoms with Crippen molar-refractivity contribution < 1.29 is 9.21 Å². The van der Waals surface area contributed by atoms with Crippen molar-refractivity contribution in [3.8, 4) is 0 Å². The van der Waals surface area contributed by atoms with Crippen LogP contribution in [0.3, 0.4) is 0 Å². The Morgan fingerprint density at radius 3 is 3.00 bits per heavy atom. The number of nitrogens with one attached hydrogen (secondary N) is 2. The molecular weight excluding hydrogens is 270 g/mol. The van der Waals surface area contributed by atoms with Crippen LogP contribution in [0.25, 0.3) is 0 Å². The van der Waals surface area contributed by atoms with Gasteiger partial charge in [0.1, 0.15) is 0 Å². The van der Waals surface area contributed by atoms with Gasteiger partial charge in [0.2, 0.25) is 0 Å². The molecule has 0 saturated carbocycles. The third-order valence-electron chi connectivity index (χ3n) is 2.97. The summed E-state index contributed by atoms with van der Waals surface area (Å²) in [7, 11) is 0. The van der Waals surface area contributed by atoms with Gasteiger partial charge < -0.3 is 9.73 Å². The molecule has 3 aromatic rings. The number of benzene rings is 1. The summed E-state index contributed by atoms with van der Waals surface area (Å²) in [4.78, 5) is 12.1. The summed E-state index contributed by atoms with van der Waals surface area (Å²) in [5.41, 5.74) is 2.47. The van der Waals surface area contributed by atoms with Crippen molar-refractivity contribution >= 4 is 5.91 Å². The van der Waals surface area contributed by atoms with Gasteiger partial charge in [-0.2, -0.15) is 5.21 Å². The number of aromatic amines is 1. The lowest BCUT2D eigenvalue weighted by Gasteiger charge is -2.05. The molecule has 1 aromatic carbocycles. The number of nitrogens with zero attached hydrogens (tertiary/aromatic N) is 3. The van der Waals surface area contributed by atoms with Crippen molar-refractivity contribution in [1.82, 2.24) is 25.9 Å². The fourth-order valence-corrected chi connectivity index (χ4v) is 1.94. The Morgan fingerprint density at radius 1 is 1.29 bits per heavy atom. The summed E-state index contributed by atoms with van der Waals surface area (Å²) >= 11 is 0. The predicted octanol–water partition coefficient (Wildman–Crippen LogP) is 1.31. The maximum absolute atomic E-state index is 12.1. The van der Waals surface area contributed by atoms with E-state index in [1.54, 1.807) is 18.6 Å². The van der Waals surface area contributed by atoms with E-state index in [9.17, 15) is 4.79 Å². The lowest BCUT2D eigenvalue weighted by atomic mass is 10.1. The molecule has 0 unspecified atom stereocenters. The molecule has 0 saturated heterocycles. The average molecular weight is 283 g/mol. The van der Waals surface area contributed by atoms with Gasteiger partial charge in [-0.15, -0.1) is 10.2 Å². The molecule has 2 aromatic heterocycles. The first-order chi connectivity index (χ1) is 10.3. The number of amides is 1. The number of hydrogen-bond acceptors (Lipinski definition) is 5. The van der Waals surface area contributed by atoms with E-state index in [1.165, 1.54) is 0 Å². The molecule has 0 fully saturated rings. The zero-order valence-corrected chi connectivity index (χ0v) is 11.1. The molecule has 0 bridgehead atoms. The van der Waals surface area contributed by atoms with Crippen molar-refractivity contribution in [3.05, 3.63) is 65.4 Å². The Kier molecular flexibility index (Phi) is 3.72. The summed E-state index contributed by atoms with van der Waals surface area (Å²) in [6.07, 6.45) is 3.71. The van der Waals surface area contributed by atoms with Gasteiger partial charge in [-0.05, 0) is 23.8 Å². The van der Waals surface area contributed by atoms with Crippen molar-refractivity contribution in [3.63, 3.8) is 0 Å². The van der Waals surface area contributed by atoms with E-state index in [0.717, 1.165) is 11.1 Å². The van der Waals surface area contributed by atoms with E-state index in [1.807, 2.05) is 24.3 Å². The summed E-state index contributed by atoms with van der Waals surface area (Å²) in [6, 6.07) is 9.16. The predicted molar refractivity (Wildman–Crippen MR) is 73.3 cm³/mol. The van der Waals surface area contributed by atoms with E-state index in [0.29, 0.717) is 24.4 Å². The maximum Gasteiger partial charge on any atom is 0.251 e. The van der Waals surface area contributed by atoms with Crippen LogP contribution in [0, 0.1) is 0 Å². The Balaban J connectivity index is 1.65. The van der Waals surface area contributed by atoms with Crippen LogP contribution in [0.5, 0.6) is 0 Å². The second-order valence-corrected chi connectivity index (χ2v) is 4.52. The average Bonchev–Trinajstić information content (AvgIpc) is 3.18. The molecule has 3 rings (SSSR count). The number of carbonyl (C=O) groups excluding carboxylic acids is 1. The van der Waals surface area contributed by atoms with E-state index in [-0.39, 0.29) is 5.91 Å². The Morgan fingerprint density at radius 2 is 2.24 bits per heavy atom. The first kappa shape index (κ1) is 13.0. The molecular formula is C14H13N5O2. The molecule has 106 valence electrons. The number of H-pyrrole nitrogens is 1. The number of rotatable bonds is 5. The second-order valence-electron chi connectivity index (χ2n) is 4.52. The molecule has 1 amide bonds. The Bertz CT molecular complexity index is 707. The van der Waals surface area contributed by atoms with Crippen LogP contribution >= 0.6 is 0 Å². The lowest BCUT2D eigenvalue weighted by molar-refractivity contribution is 0.0951. The highest BCUT2D eigenvalue weighted by Gasteiger charge is 2.08. The normalized spacial score (nSPS) is 10.5. The van der Waals surface area contributed by atoms with E-state index < -0.39 is 0 Å². The third kappa shape index (κ3) is 3.33. The fraction of sp³-hybridized carbons (Fsp3) is 0.143. The van der Waals surface area contributed by atoms with Crippen LogP contribution in [-0.4, -0.2) is 26.5 Å². The maximum atomic E-state index is 12.1. The quantitative estimate of drug-likeness (QED) is 0.736. The molecule has 0 aliphatic carbocycles. The van der Waals surface area contributed by atoms with Crippen LogP contribution in [0.2, 0.25) is 0 Å². The van der Waals surface area contributed by atoms with Crippen molar-refractivity contribution in [2.24, 2.45) is 0 Å². The van der Waals surface area contributed by atoms with Crippen molar-refractivity contribution in [2.75, 3.05) is 0 Å². The van der Waals surface area contributed by atoms with Crippen LogP contribution in [-0.2, 0) is 13.0 Å². The monoisotopic (exact) mass is 283 g/mol.